The Kier molecular flexibility index (Phi) is 5.08. The zero-order chi connectivity index (χ0) is 17.9. The fourth-order valence-electron chi connectivity index (χ4n) is 3.11. The number of likely N-dealkylation sites (tertiary alicyclic amines) is 1. The van der Waals surface area contributed by atoms with E-state index in [1.54, 1.807) is 17.9 Å². The lowest BCUT2D eigenvalue weighted by Crippen LogP contribution is -2.58. The molecule has 0 spiro atoms. The average molecular weight is 344 g/mol. The Morgan fingerprint density at radius 3 is 2.88 bits per heavy atom. The lowest BCUT2D eigenvalue weighted by Gasteiger charge is -2.42. The molecule has 1 fully saturated rings. The van der Waals surface area contributed by atoms with Gasteiger partial charge in [-0.2, -0.15) is 0 Å². The molecule has 6 nitrogen and oxygen atoms in total. The molecule has 6 heteroatoms. The summed E-state index contributed by atoms with van der Waals surface area (Å²) >= 11 is 0. The number of aromatic nitrogens is 1. The second kappa shape index (κ2) is 7.27. The van der Waals surface area contributed by atoms with Crippen molar-refractivity contribution in [1.82, 2.24) is 10.1 Å². The summed E-state index contributed by atoms with van der Waals surface area (Å²) in [5, 5.41) is 14.7. The van der Waals surface area contributed by atoms with E-state index in [4.69, 9.17) is 9.26 Å². The van der Waals surface area contributed by atoms with Crippen molar-refractivity contribution in [3.8, 4) is 5.75 Å². The molecule has 2 atom stereocenters. The minimum atomic E-state index is -1.14. The van der Waals surface area contributed by atoms with Gasteiger partial charge in [-0.15, -0.1) is 0 Å². The number of benzene rings is 1. The van der Waals surface area contributed by atoms with Gasteiger partial charge in [0.15, 0.2) is 5.69 Å². The van der Waals surface area contributed by atoms with Gasteiger partial charge >= 0.3 is 0 Å². The van der Waals surface area contributed by atoms with Crippen LogP contribution in [0.1, 0.15) is 42.9 Å². The van der Waals surface area contributed by atoms with Gasteiger partial charge in [0.2, 0.25) is 0 Å². The Morgan fingerprint density at radius 1 is 1.44 bits per heavy atom. The molecule has 0 aliphatic carbocycles. The second-order valence-electron chi connectivity index (χ2n) is 6.72. The number of β-amino-alcohol motifs (C(OH)–C–C–N with tert-alkyl or cyclic N) is 1. The molecule has 2 aromatic rings. The minimum Gasteiger partial charge on any atom is -0.487 e. The fourth-order valence-corrected chi connectivity index (χ4v) is 3.11. The van der Waals surface area contributed by atoms with E-state index < -0.39 is 5.60 Å². The molecule has 134 valence electrons. The normalized spacial score (nSPS) is 23.5. The van der Waals surface area contributed by atoms with Crippen LogP contribution in [0.5, 0.6) is 5.75 Å². The molecular formula is C19H24N2O4. The van der Waals surface area contributed by atoms with E-state index in [-0.39, 0.29) is 18.6 Å². The summed E-state index contributed by atoms with van der Waals surface area (Å²) in [6.45, 7) is 4.44. The first-order valence-electron chi connectivity index (χ1n) is 8.68. The number of aliphatic hydroxyl groups is 1. The standard InChI is InChI=1S/C19H24N2O4/c1-3-7-15-12-16(20-25-15)18(22)21-11-10-17(19(2,23)13-21)24-14-8-5-4-6-9-14/h4-6,8-9,12,17,23H,3,7,10-11,13H2,1-2H3/t17-,19-/m0/s1. The summed E-state index contributed by atoms with van der Waals surface area (Å²) in [6.07, 6.45) is 1.87. The molecular weight excluding hydrogens is 320 g/mol. The summed E-state index contributed by atoms with van der Waals surface area (Å²) in [7, 11) is 0. The maximum Gasteiger partial charge on any atom is 0.276 e. The molecule has 1 N–H and O–H groups in total. The fraction of sp³-hybridized carbons (Fsp3) is 0.474. The van der Waals surface area contributed by atoms with E-state index in [1.165, 1.54) is 0 Å². The molecule has 1 aliphatic heterocycles. The Bertz CT molecular complexity index is 711. The largest absolute Gasteiger partial charge is 0.487 e. The van der Waals surface area contributed by atoms with Crippen LogP contribution in [0.2, 0.25) is 0 Å². The zero-order valence-corrected chi connectivity index (χ0v) is 14.6. The SMILES string of the molecule is CCCc1cc(C(=O)N2CC[C@H](Oc3ccccc3)[C@@](C)(O)C2)no1. The number of amides is 1. The maximum atomic E-state index is 12.6. The lowest BCUT2D eigenvalue weighted by atomic mass is 9.91. The minimum absolute atomic E-state index is 0.194. The van der Waals surface area contributed by atoms with E-state index >= 15 is 0 Å². The first-order chi connectivity index (χ1) is 12.0. The average Bonchev–Trinajstić information content (AvgIpc) is 3.06. The molecule has 1 aromatic heterocycles. The van der Waals surface area contributed by atoms with E-state index in [9.17, 15) is 9.90 Å². The molecule has 1 aliphatic rings. The van der Waals surface area contributed by atoms with Crippen LogP contribution in [-0.2, 0) is 6.42 Å². The molecule has 1 aromatic carbocycles. The van der Waals surface area contributed by atoms with Gasteiger partial charge in [-0.1, -0.05) is 30.3 Å². The van der Waals surface area contributed by atoms with Gasteiger partial charge in [0.1, 0.15) is 23.2 Å². The van der Waals surface area contributed by atoms with Gasteiger partial charge in [-0.05, 0) is 25.5 Å². The number of hydrogen-bond acceptors (Lipinski definition) is 5. The first kappa shape index (κ1) is 17.5. The van der Waals surface area contributed by atoms with Crippen LogP contribution in [-0.4, -0.2) is 45.9 Å². The molecule has 0 unspecified atom stereocenters. The van der Waals surface area contributed by atoms with Crippen LogP contribution in [0.25, 0.3) is 0 Å². The summed E-state index contributed by atoms with van der Waals surface area (Å²) in [5.41, 5.74) is -0.846. The summed E-state index contributed by atoms with van der Waals surface area (Å²) < 4.78 is 11.1. The number of hydrogen-bond donors (Lipinski definition) is 1. The summed E-state index contributed by atoms with van der Waals surface area (Å²) in [5.74, 6) is 1.21. The van der Waals surface area contributed by atoms with Crippen LogP contribution in [0.15, 0.2) is 40.9 Å². The third kappa shape index (κ3) is 4.02. The van der Waals surface area contributed by atoms with Gasteiger partial charge in [-0.3, -0.25) is 4.79 Å². The summed E-state index contributed by atoms with van der Waals surface area (Å²) in [6, 6.07) is 11.1. The second-order valence-corrected chi connectivity index (χ2v) is 6.72. The molecule has 3 rings (SSSR count). The van der Waals surface area contributed by atoms with Crippen molar-refractivity contribution in [3.63, 3.8) is 0 Å². The van der Waals surface area contributed by atoms with Crippen LogP contribution in [0, 0.1) is 0 Å². The molecule has 0 bridgehead atoms. The molecule has 0 saturated carbocycles. The highest BCUT2D eigenvalue weighted by Gasteiger charge is 2.41. The van der Waals surface area contributed by atoms with Gasteiger partial charge < -0.3 is 19.3 Å². The highest BCUT2D eigenvalue weighted by molar-refractivity contribution is 5.92. The first-order valence-corrected chi connectivity index (χ1v) is 8.68. The predicted molar refractivity (Wildman–Crippen MR) is 92.5 cm³/mol. The van der Waals surface area contributed by atoms with Crippen LogP contribution < -0.4 is 4.74 Å². The monoisotopic (exact) mass is 344 g/mol. The van der Waals surface area contributed by atoms with E-state index in [2.05, 4.69) is 5.16 Å². The van der Waals surface area contributed by atoms with E-state index in [0.29, 0.717) is 30.2 Å². The number of ether oxygens (including phenoxy) is 1. The number of rotatable bonds is 5. The summed E-state index contributed by atoms with van der Waals surface area (Å²) in [4.78, 5) is 14.2. The van der Waals surface area contributed by atoms with Crippen molar-refractivity contribution in [2.75, 3.05) is 13.1 Å². The van der Waals surface area contributed by atoms with Crippen molar-refractivity contribution in [2.24, 2.45) is 0 Å². The van der Waals surface area contributed by atoms with Crippen molar-refractivity contribution >= 4 is 5.91 Å². The Morgan fingerprint density at radius 2 is 2.20 bits per heavy atom. The van der Waals surface area contributed by atoms with E-state index in [1.807, 2.05) is 37.3 Å². The van der Waals surface area contributed by atoms with Gasteiger partial charge in [-0.25, -0.2) is 0 Å². The van der Waals surface area contributed by atoms with Crippen LogP contribution in [0.4, 0.5) is 0 Å². The van der Waals surface area contributed by atoms with Gasteiger partial charge in [0, 0.05) is 25.5 Å². The highest BCUT2D eigenvalue weighted by atomic mass is 16.5. The number of para-hydroxylation sites is 1. The Balaban J connectivity index is 1.65. The third-order valence-electron chi connectivity index (χ3n) is 4.45. The van der Waals surface area contributed by atoms with E-state index in [0.717, 1.165) is 12.8 Å². The van der Waals surface area contributed by atoms with Crippen LogP contribution in [0.3, 0.4) is 0 Å². The predicted octanol–water partition coefficient (Wildman–Crippen LogP) is 2.67. The molecule has 1 amide bonds. The quantitative estimate of drug-likeness (QED) is 0.902. The van der Waals surface area contributed by atoms with Crippen molar-refractivity contribution in [3.05, 3.63) is 47.9 Å². The Labute approximate surface area is 147 Å². The number of carbonyl (C=O) groups is 1. The number of nitrogens with zero attached hydrogens (tertiary/aromatic N) is 2. The third-order valence-corrected chi connectivity index (χ3v) is 4.45. The number of piperidine rings is 1. The lowest BCUT2D eigenvalue weighted by molar-refractivity contribution is -0.0900. The number of carbonyl (C=O) groups excluding carboxylic acids is 1. The smallest absolute Gasteiger partial charge is 0.276 e. The van der Waals surface area contributed by atoms with Crippen LogP contribution >= 0.6 is 0 Å². The van der Waals surface area contributed by atoms with Crippen molar-refractivity contribution in [2.45, 2.75) is 44.8 Å². The zero-order valence-electron chi connectivity index (χ0n) is 14.6. The molecule has 25 heavy (non-hydrogen) atoms. The highest BCUT2D eigenvalue weighted by Crippen LogP contribution is 2.27. The number of aryl methyl sites for hydroxylation is 1. The van der Waals surface area contributed by atoms with Crippen molar-refractivity contribution in [1.29, 1.82) is 0 Å². The topological polar surface area (TPSA) is 75.8 Å². The van der Waals surface area contributed by atoms with Gasteiger partial charge in [0.25, 0.3) is 5.91 Å². The van der Waals surface area contributed by atoms with Gasteiger partial charge in [0.05, 0.1) is 6.54 Å². The maximum absolute atomic E-state index is 12.6. The Hall–Kier alpha value is -2.34. The van der Waals surface area contributed by atoms with Crippen molar-refractivity contribution < 1.29 is 19.2 Å². The molecule has 2 heterocycles. The molecule has 0 radical (unpaired) electrons. The molecule has 1 saturated heterocycles.